The minimum atomic E-state index is -0.0600. The summed E-state index contributed by atoms with van der Waals surface area (Å²) >= 11 is 0. The van der Waals surface area contributed by atoms with Crippen molar-refractivity contribution in [3.05, 3.63) is 0 Å². The maximum Gasteiger partial charge on any atom is 0.199 e. The third kappa shape index (κ3) is 20.6. The molecule has 1 unspecified atom stereocenters. The van der Waals surface area contributed by atoms with Crippen molar-refractivity contribution in [3.8, 4) is 0 Å². The van der Waals surface area contributed by atoms with Gasteiger partial charge in [0.25, 0.3) is 0 Å². The Kier molecular flexibility index (Phi) is 24.1. The molecule has 0 N–H and O–H groups in total. The summed E-state index contributed by atoms with van der Waals surface area (Å²) in [5.41, 5.74) is 0. The molecule has 0 aromatic rings. The highest BCUT2D eigenvalue weighted by molar-refractivity contribution is 5.83. The van der Waals surface area contributed by atoms with Crippen molar-refractivity contribution in [1.29, 1.82) is 0 Å². The average Bonchev–Trinajstić information content (AvgIpc) is 2.75. The van der Waals surface area contributed by atoms with Crippen molar-refractivity contribution in [2.45, 2.75) is 162 Å². The Morgan fingerprint density at radius 3 is 1.33 bits per heavy atom. The van der Waals surface area contributed by atoms with Gasteiger partial charge in [0.1, 0.15) is 5.78 Å². The molecule has 0 amide bonds. The van der Waals surface area contributed by atoms with Crippen LogP contribution in [0.5, 0.6) is 0 Å². The molecular weight excluding hydrogens is 368 g/mol. The quantitative estimate of drug-likeness (QED) is 0.138. The standard InChI is InChI=1S/C28H53O2/c1-3-5-7-9-11-13-14-16-18-20-22-24-28(30)27(25-26-29)23-21-19-17-15-12-10-8-6-4-2/h27H,3-25H2,1-2H3. The lowest BCUT2D eigenvalue weighted by atomic mass is 9.90. The van der Waals surface area contributed by atoms with E-state index in [0.717, 1.165) is 25.7 Å². The van der Waals surface area contributed by atoms with Crippen LogP contribution in [0.15, 0.2) is 0 Å². The van der Waals surface area contributed by atoms with Gasteiger partial charge in [-0.2, -0.15) is 0 Å². The summed E-state index contributed by atoms with van der Waals surface area (Å²) in [7, 11) is 0. The summed E-state index contributed by atoms with van der Waals surface area (Å²) in [4.78, 5) is 23.3. The van der Waals surface area contributed by atoms with Gasteiger partial charge in [-0.15, -0.1) is 0 Å². The molecule has 0 fully saturated rings. The minimum absolute atomic E-state index is 0.0600. The molecule has 2 nitrogen and oxygen atoms in total. The van der Waals surface area contributed by atoms with E-state index in [2.05, 4.69) is 13.8 Å². The molecule has 0 saturated heterocycles. The fourth-order valence-corrected chi connectivity index (χ4v) is 4.35. The van der Waals surface area contributed by atoms with E-state index in [0.29, 0.717) is 18.6 Å². The van der Waals surface area contributed by atoms with Crippen LogP contribution >= 0.6 is 0 Å². The van der Waals surface area contributed by atoms with Crippen LogP contribution < -0.4 is 0 Å². The molecule has 0 aromatic heterocycles. The van der Waals surface area contributed by atoms with Crippen molar-refractivity contribution in [2.75, 3.05) is 0 Å². The number of rotatable bonds is 25. The first kappa shape index (κ1) is 29.3. The Balaban J connectivity index is 3.60. The summed E-state index contributed by atoms with van der Waals surface area (Å²) in [6.45, 7) is 4.52. The first-order valence-corrected chi connectivity index (χ1v) is 13.6. The van der Waals surface area contributed by atoms with Crippen LogP contribution in [0.1, 0.15) is 162 Å². The molecule has 0 rings (SSSR count). The van der Waals surface area contributed by atoms with Crippen molar-refractivity contribution in [1.82, 2.24) is 0 Å². The molecule has 0 saturated carbocycles. The molecular formula is C28H53O2. The summed E-state index contributed by atoms with van der Waals surface area (Å²) < 4.78 is 0. The van der Waals surface area contributed by atoms with Gasteiger partial charge in [0.15, 0.2) is 6.29 Å². The van der Waals surface area contributed by atoms with E-state index in [1.54, 1.807) is 0 Å². The van der Waals surface area contributed by atoms with Crippen LogP contribution in [0.4, 0.5) is 0 Å². The van der Waals surface area contributed by atoms with Gasteiger partial charge in [-0.1, -0.05) is 136 Å². The lowest BCUT2D eigenvalue weighted by molar-refractivity contribution is -0.123. The number of hydrogen-bond acceptors (Lipinski definition) is 2. The maximum absolute atomic E-state index is 12.5. The molecule has 1 atom stereocenters. The first-order chi connectivity index (χ1) is 14.8. The van der Waals surface area contributed by atoms with Crippen molar-refractivity contribution in [3.63, 3.8) is 0 Å². The third-order valence-corrected chi connectivity index (χ3v) is 6.47. The van der Waals surface area contributed by atoms with Gasteiger partial charge in [-0.05, 0) is 12.8 Å². The predicted molar refractivity (Wildman–Crippen MR) is 132 cm³/mol. The second-order valence-electron chi connectivity index (χ2n) is 9.41. The van der Waals surface area contributed by atoms with E-state index in [4.69, 9.17) is 0 Å². The van der Waals surface area contributed by atoms with E-state index in [9.17, 15) is 9.59 Å². The molecule has 2 heteroatoms. The van der Waals surface area contributed by atoms with E-state index >= 15 is 0 Å². The number of Topliss-reactive ketones (excluding diaryl/α,β-unsaturated/α-hetero) is 1. The summed E-state index contributed by atoms with van der Waals surface area (Å²) in [6.07, 6.45) is 29.9. The number of unbranched alkanes of at least 4 members (excludes halogenated alkanes) is 18. The summed E-state index contributed by atoms with van der Waals surface area (Å²) in [5, 5.41) is 0. The van der Waals surface area contributed by atoms with Gasteiger partial charge in [0.2, 0.25) is 0 Å². The Morgan fingerprint density at radius 1 is 0.567 bits per heavy atom. The largest absolute Gasteiger partial charge is 0.299 e. The molecule has 1 radical (unpaired) electrons. The molecule has 0 spiro atoms. The van der Waals surface area contributed by atoms with E-state index in [1.165, 1.54) is 109 Å². The molecule has 177 valence electrons. The Bertz CT molecular complexity index is 364. The predicted octanol–water partition coefficient (Wildman–Crippen LogP) is 9.29. The first-order valence-electron chi connectivity index (χ1n) is 13.6. The minimum Gasteiger partial charge on any atom is -0.299 e. The SMILES string of the molecule is CCCCCCCCCCCCCC(=O)C(C[C]=O)CCCCCCCCCCC. The normalized spacial score (nSPS) is 12.2. The molecule has 0 aromatic carbocycles. The van der Waals surface area contributed by atoms with Gasteiger partial charge >= 0.3 is 0 Å². The average molecular weight is 422 g/mol. The van der Waals surface area contributed by atoms with Crippen LogP contribution in [-0.2, 0) is 9.59 Å². The molecule has 30 heavy (non-hydrogen) atoms. The van der Waals surface area contributed by atoms with Gasteiger partial charge in [-0.25, -0.2) is 0 Å². The van der Waals surface area contributed by atoms with Gasteiger partial charge in [0.05, 0.1) is 0 Å². The molecule has 0 heterocycles. The van der Waals surface area contributed by atoms with E-state index < -0.39 is 0 Å². The zero-order chi connectivity index (χ0) is 22.1. The number of ketones is 1. The third-order valence-electron chi connectivity index (χ3n) is 6.47. The zero-order valence-corrected chi connectivity index (χ0v) is 20.7. The summed E-state index contributed by atoms with van der Waals surface area (Å²) in [6, 6.07) is 0. The van der Waals surface area contributed by atoms with Gasteiger partial charge in [0, 0.05) is 18.8 Å². The Hall–Kier alpha value is -0.660. The molecule has 0 aliphatic rings. The van der Waals surface area contributed by atoms with Crippen LogP contribution in [-0.4, -0.2) is 12.1 Å². The fourth-order valence-electron chi connectivity index (χ4n) is 4.35. The number of hydrogen-bond donors (Lipinski definition) is 0. The lowest BCUT2D eigenvalue weighted by Crippen LogP contribution is -2.15. The van der Waals surface area contributed by atoms with Crippen molar-refractivity contribution < 1.29 is 9.59 Å². The summed E-state index contributed by atoms with van der Waals surface area (Å²) in [5.74, 6) is 0.254. The lowest BCUT2D eigenvalue weighted by Gasteiger charge is -2.13. The van der Waals surface area contributed by atoms with E-state index in [1.807, 2.05) is 6.29 Å². The highest BCUT2D eigenvalue weighted by atomic mass is 16.1. The van der Waals surface area contributed by atoms with Crippen molar-refractivity contribution >= 4 is 12.1 Å². The fraction of sp³-hybridized carbons (Fsp3) is 0.929. The topological polar surface area (TPSA) is 34.1 Å². The molecule has 0 aliphatic heterocycles. The Morgan fingerprint density at radius 2 is 0.933 bits per heavy atom. The molecule has 0 bridgehead atoms. The van der Waals surface area contributed by atoms with Crippen LogP contribution in [0.2, 0.25) is 0 Å². The number of carbonyl (C=O) groups is 1. The second-order valence-corrected chi connectivity index (χ2v) is 9.41. The monoisotopic (exact) mass is 421 g/mol. The number of carbonyl (C=O) groups excluding carboxylic acids is 2. The van der Waals surface area contributed by atoms with Crippen LogP contribution in [0.3, 0.4) is 0 Å². The van der Waals surface area contributed by atoms with Crippen molar-refractivity contribution in [2.24, 2.45) is 5.92 Å². The Labute approximate surface area is 189 Å². The van der Waals surface area contributed by atoms with Crippen LogP contribution in [0.25, 0.3) is 0 Å². The van der Waals surface area contributed by atoms with Gasteiger partial charge < -0.3 is 0 Å². The molecule has 0 aliphatic carbocycles. The van der Waals surface area contributed by atoms with Crippen LogP contribution in [0, 0.1) is 5.92 Å². The smallest absolute Gasteiger partial charge is 0.199 e. The highest BCUT2D eigenvalue weighted by Gasteiger charge is 2.17. The van der Waals surface area contributed by atoms with Gasteiger partial charge in [-0.3, -0.25) is 9.59 Å². The second kappa shape index (κ2) is 24.6. The maximum atomic E-state index is 12.5. The van der Waals surface area contributed by atoms with E-state index in [-0.39, 0.29) is 5.92 Å². The highest BCUT2D eigenvalue weighted by Crippen LogP contribution is 2.19. The zero-order valence-electron chi connectivity index (χ0n) is 20.7.